The normalized spacial score (nSPS) is 10.7. The molecule has 4 nitrogen and oxygen atoms in total. The van der Waals surface area contributed by atoms with Crippen molar-refractivity contribution in [2.45, 2.75) is 0 Å². The molecule has 3 heterocycles. The van der Waals surface area contributed by atoms with Gasteiger partial charge in [-0.15, -0.1) is 11.3 Å². The van der Waals surface area contributed by atoms with Gasteiger partial charge < -0.3 is 0 Å². The second kappa shape index (κ2) is 5.54. The second-order valence-electron chi connectivity index (χ2n) is 4.74. The van der Waals surface area contributed by atoms with E-state index in [0.717, 1.165) is 27.8 Å². The number of pyridine rings is 1. The third-order valence-corrected chi connectivity index (χ3v) is 4.10. The lowest BCUT2D eigenvalue weighted by atomic mass is 10.2. The highest BCUT2D eigenvalue weighted by molar-refractivity contribution is 7.12. The van der Waals surface area contributed by atoms with Gasteiger partial charge in [0, 0.05) is 23.3 Å². The van der Waals surface area contributed by atoms with Crippen molar-refractivity contribution in [3.05, 3.63) is 72.4 Å². The molecule has 0 saturated heterocycles. The zero-order valence-corrected chi connectivity index (χ0v) is 12.4. The van der Waals surface area contributed by atoms with Crippen LogP contribution in [0.1, 0.15) is 0 Å². The monoisotopic (exact) mass is 304 g/mol. The SMILES string of the molecule is c1ccc(-c2csc(-n3ccc(-c4ccccn4)n3)n2)cc1. The molecule has 1 aromatic carbocycles. The van der Waals surface area contributed by atoms with Crippen LogP contribution >= 0.6 is 11.3 Å². The summed E-state index contributed by atoms with van der Waals surface area (Å²) in [5, 5.41) is 7.46. The summed E-state index contributed by atoms with van der Waals surface area (Å²) in [6.45, 7) is 0. The summed E-state index contributed by atoms with van der Waals surface area (Å²) in [5.74, 6) is 0. The maximum Gasteiger partial charge on any atom is 0.210 e. The van der Waals surface area contributed by atoms with Gasteiger partial charge in [0.05, 0.1) is 11.4 Å². The third kappa shape index (κ3) is 2.42. The van der Waals surface area contributed by atoms with Crippen molar-refractivity contribution in [1.29, 1.82) is 0 Å². The summed E-state index contributed by atoms with van der Waals surface area (Å²) in [6.07, 6.45) is 3.68. The Kier molecular flexibility index (Phi) is 3.25. The minimum Gasteiger partial charge on any atom is -0.255 e. The lowest BCUT2D eigenvalue weighted by molar-refractivity contribution is 0.872. The van der Waals surface area contributed by atoms with Crippen molar-refractivity contribution in [3.63, 3.8) is 0 Å². The number of thiazole rings is 1. The van der Waals surface area contributed by atoms with Gasteiger partial charge in [0.15, 0.2) is 0 Å². The summed E-state index contributed by atoms with van der Waals surface area (Å²) in [5.41, 5.74) is 3.79. The first-order chi connectivity index (χ1) is 10.9. The molecule has 0 aliphatic heterocycles. The van der Waals surface area contributed by atoms with Crippen LogP contribution in [0.5, 0.6) is 0 Å². The fourth-order valence-electron chi connectivity index (χ4n) is 2.19. The van der Waals surface area contributed by atoms with Crippen molar-refractivity contribution >= 4 is 11.3 Å². The summed E-state index contributed by atoms with van der Waals surface area (Å²) in [7, 11) is 0. The molecule has 0 amide bonds. The molecule has 0 fully saturated rings. The number of rotatable bonds is 3. The Hall–Kier alpha value is -2.79. The van der Waals surface area contributed by atoms with E-state index in [2.05, 4.69) is 27.2 Å². The van der Waals surface area contributed by atoms with Crippen LogP contribution in [0.25, 0.3) is 27.8 Å². The highest BCUT2D eigenvalue weighted by atomic mass is 32.1. The van der Waals surface area contributed by atoms with Crippen LogP contribution < -0.4 is 0 Å². The van der Waals surface area contributed by atoms with E-state index >= 15 is 0 Å². The van der Waals surface area contributed by atoms with Gasteiger partial charge in [-0.05, 0) is 18.2 Å². The molecular weight excluding hydrogens is 292 g/mol. The van der Waals surface area contributed by atoms with Crippen molar-refractivity contribution in [2.75, 3.05) is 0 Å². The topological polar surface area (TPSA) is 43.6 Å². The Balaban J connectivity index is 1.66. The summed E-state index contributed by atoms with van der Waals surface area (Å²) in [6, 6.07) is 17.9. The van der Waals surface area contributed by atoms with E-state index in [-0.39, 0.29) is 0 Å². The van der Waals surface area contributed by atoms with Crippen LogP contribution in [0.3, 0.4) is 0 Å². The van der Waals surface area contributed by atoms with Crippen LogP contribution in [0, 0.1) is 0 Å². The van der Waals surface area contributed by atoms with E-state index in [1.165, 1.54) is 0 Å². The molecule has 3 aromatic heterocycles. The van der Waals surface area contributed by atoms with E-state index in [9.17, 15) is 0 Å². The van der Waals surface area contributed by atoms with E-state index in [1.54, 1.807) is 22.2 Å². The molecule has 0 aliphatic rings. The molecule has 0 saturated carbocycles. The zero-order chi connectivity index (χ0) is 14.8. The van der Waals surface area contributed by atoms with Crippen molar-refractivity contribution in [2.24, 2.45) is 0 Å². The Morgan fingerprint density at radius 2 is 1.68 bits per heavy atom. The maximum absolute atomic E-state index is 4.66. The minimum absolute atomic E-state index is 0.845. The first kappa shape index (κ1) is 12.9. The maximum atomic E-state index is 4.66. The van der Waals surface area contributed by atoms with Crippen LogP contribution in [0.4, 0.5) is 0 Å². The molecule has 0 radical (unpaired) electrons. The molecule has 0 spiro atoms. The smallest absolute Gasteiger partial charge is 0.210 e. The Labute approximate surface area is 131 Å². The third-order valence-electron chi connectivity index (χ3n) is 3.27. The van der Waals surface area contributed by atoms with Gasteiger partial charge in [-0.2, -0.15) is 5.10 Å². The summed E-state index contributed by atoms with van der Waals surface area (Å²) >= 11 is 1.57. The number of hydrogen-bond donors (Lipinski definition) is 0. The first-order valence-corrected chi connectivity index (χ1v) is 7.76. The summed E-state index contributed by atoms with van der Waals surface area (Å²) < 4.78 is 1.79. The van der Waals surface area contributed by atoms with Gasteiger partial charge in [-0.1, -0.05) is 36.4 Å². The van der Waals surface area contributed by atoms with Gasteiger partial charge in [0.1, 0.15) is 5.69 Å². The van der Waals surface area contributed by atoms with E-state index in [4.69, 9.17) is 0 Å². The zero-order valence-electron chi connectivity index (χ0n) is 11.6. The highest BCUT2D eigenvalue weighted by Crippen LogP contribution is 2.24. The molecule has 4 rings (SSSR count). The molecule has 4 aromatic rings. The number of aromatic nitrogens is 4. The van der Waals surface area contributed by atoms with Crippen molar-refractivity contribution in [1.82, 2.24) is 19.7 Å². The molecule has 0 N–H and O–H groups in total. The average molecular weight is 304 g/mol. The van der Waals surface area contributed by atoms with Crippen molar-refractivity contribution < 1.29 is 0 Å². The van der Waals surface area contributed by atoms with Gasteiger partial charge >= 0.3 is 0 Å². The largest absolute Gasteiger partial charge is 0.255 e. The number of benzene rings is 1. The predicted octanol–water partition coefficient (Wildman–Crippen LogP) is 4.06. The molecule has 0 aliphatic carbocycles. The lowest BCUT2D eigenvalue weighted by Gasteiger charge is -1.96. The Morgan fingerprint density at radius 3 is 2.50 bits per heavy atom. The van der Waals surface area contributed by atoms with Gasteiger partial charge in [0.2, 0.25) is 5.13 Å². The van der Waals surface area contributed by atoms with Gasteiger partial charge in [0.25, 0.3) is 0 Å². The molecular formula is C17H12N4S. The van der Waals surface area contributed by atoms with E-state index in [1.807, 2.05) is 54.0 Å². The molecule has 5 heteroatoms. The fourth-order valence-corrected chi connectivity index (χ4v) is 2.96. The predicted molar refractivity (Wildman–Crippen MR) is 87.9 cm³/mol. The number of nitrogens with zero attached hydrogens (tertiary/aromatic N) is 4. The standard InChI is InChI=1S/C17H12N4S/c1-2-6-13(7-3-1)16-12-22-17(19-16)21-11-9-15(20-21)14-8-4-5-10-18-14/h1-12H. The lowest BCUT2D eigenvalue weighted by Crippen LogP contribution is -1.94. The highest BCUT2D eigenvalue weighted by Gasteiger charge is 2.09. The average Bonchev–Trinajstić information content (AvgIpc) is 3.26. The van der Waals surface area contributed by atoms with Crippen LogP contribution in [-0.2, 0) is 0 Å². The summed E-state index contributed by atoms with van der Waals surface area (Å²) in [4.78, 5) is 8.97. The first-order valence-electron chi connectivity index (χ1n) is 6.88. The number of hydrogen-bond acceptors (Lipinski definition) is 4. The molecule has 0 unspecified atom stereocenters. The van der Waals surface area contributed by atoms with Gasteiger partial charge in [-0.3, -0.25) is 4.98 Å². The van der Waals surface area contributed by atoms with Crippen LogP contribution in [-0.4, -0.2) is 19.7 Å². The quantitative estimate of drug-likeness (QED) is 0.573. The van der Waals surface area contributed by atoms with E-state index in [0.29, 0.717) is 0 Å². The second-order valence-corrected chi connectivity index (χ2v) is 5.58. The minimum atomic E-state index is 0.845. The Morgan fingerprint density at radius 1 is 0.818 bits per heavy atom. The van der Waals surface area contributed by atoms with Crippen molar-refractivity contribution in [3.8, 4) is 27.8 Å². The molecule has 106 valence electrons. The van der Waals surface area contributed by atoms with Gasteiger partial charge in [-0.25, -0.2) is 9.67 Å². The fraction of sp³-hybridized carbons (Fsp3) is 0. The van der Waals surface area contributed by atoms with Crippen LogP contribution in [0.15, 0.2) is 72.4 Å². The molecule has 22 heavy (non-hydrogen) atoms. The Bertz CT molecular complexity index is 805. The molecule has 0 bridgehead atoms. The molecule has 0 atom stereocenters. The van der Waals surface area contributed by atoms with E-state index < -0.39 is 0 Å². The van der Waals surface area contributed by atoms with Crippen LogP contribution in [0.2, 0.25) is 0 Å².